The predicted molar refractivity (Wildman–Crippen MR) is 131 cm³/mol. The van der Waals surface area contributed by atoms with Crippen LogP contribution in [0.1, 0.15) is 30.0 Å². The SMILES string of the molecule is CCN(CC)C(=O)c1cccc(NC(=O)CSc2nnc(COc3cccc(OC)c3)n2N)c1. The number of rotatable bonds is 11. The number of amides is 2. The van der Waals surface area contributed by atoms with E-state index in [2.05, 4.69) is 15.5 Å². The summed E-state index contributed by atoms with van der Waals surface area (Å²) in [5.74, 6) is 7.50. The van der Waals surface area contributed by atoms with E-state index in [9.17, 15) is 9.59 Å². The van der Waals surface area contributed by atoms with Crippen molar-refractivity contribution in [2.45, 2.75) is 25.6 Å². The van der Waals surface area contributed by atoms with Gasteiger partial charge in [-0.1, -0.05) is 23.9 Å². The lowest BCUT2D eigenvalue weighted by molar-refractivity contribution is -0.113. The highest BCUT2D eigenvalue weighted by Crippen LogP contribution is 2.21. The molecule has 3 rings (SSSR count). The van der Waals surface area contributed by atoms with Gasteiger partial charge in [0.25, 0.3) is 5.91 Å². The van der Waals surface area contributed by atoms with Crippen LogP contribution in [0.15, 0.2) is 53.7 Å². The number of thioether (sulfide) groups is 1. The molecule has 1 aromatic heterocycles. The number of nitrogens with zero attached hydrogens (tertiary/aromatic N) is 4. The highest BCUT2D eigenvalue weighted by Gasteiger charge is 2.15. The average Bonchev–Trinajstić information content (AvgIpc) is 3.21. The molecule has 0 saturated heterocycles. The smallest absolute Gasteiger partial charge is 0.253 e. The number of nitrogen functional groups attached to an aromatic ring is 1. The maximum Gasteiger partial charge on any atom is 0.253 e. The lowest BCUT2D eigenvalue weighted by atomic mass is 10.1. The van der Waals surface area contributed by atoms with E-state index in [1.165, 1.54) is 4.68 Å². The molecule has 3 aromatic rings. The fourth-order valence-corrected chi connectivity index (χ4v) is 3.77. The van der Waals surface area contributed by atoms with E-state index < -0.39 is 0 Å². The summed E-state index contributed by atoms with van der Waals surface area (Å²) >= 11 is 1.15. The van der Waals surface area contributed by atoms with Crippen molar-refractivity contribution in [3.05, 3.63) is 59.9 Å². The number of hydrogen-bond donors (Lipinski definition) is 2. The Bertz CT molecular complexity index is 1130. The second kappa shape index (κ2) is 11.9. The highest BCUT2D eigenvalue weighted by molar-refractivity contribution is 7.99. The quantitative estimate of drug-likeness (QED) is 0.314. The van der Waals surface area contributed by atoms with Gasteiger partial charge < -0.3 is 25.5 Å². The van der Waals surface area contributed by atoms with Crippen LogP contribution in [0.3, 0.4) is 0 Å². The molecule has 0 spiro atoms. The molecule has 0 aliphatic rings. The first-order chi connectivity index (χ1) is 16.4. The lowest BCUT2D eigenvalue weighted by Crippen LogP contribution is -2.30. The maximum atomic E-state index is 12.5. The Kier molecular flexibility index (Phi) is 8.74. The third-order valence-electron chi connectivity index (χ3n) is 4.92. The van der Waals surface area contributed by atoms with Crippen LogP contribution in [0.2, 0.25) is 0 Å². The molecule has 11 heteroatoms. The van der Waals surface area contributed by atoms with Crippen molar-refractivity contribution in [1.29, 1.82) is 0 Å². The molecule has 3 N–H and O–H groups in total. The molecule has 0 unspecified atom stereocenters. The summed E-state index contributed by atoms with van der Waals surface area (Å²) in [5.41, 5.74) is 1.07. The van der Waals surface area contributed by atoms with E-state index in [0.29, 0.717) is 46.8 Å². The zero-order chi connectivity index (χ0) is 24.5. The minimum absolute atomic E-state index is 0.0697. The Morgan fingerprint density at radius 2 is 1.82 bits per heavy atom. The number of ether oxygens (including phenoxy) is 2. The average molecular weight is 485 g/mol. The molecule has 10 nitrogen and oxygen atoms in total. The van der Waals surface area contributed by atoms with E-state index in [4.69, 9.17) is 15.3 Å². The van der Waals surface area contributed by atoms with Gasteiger partial charge in [0.15, 0.2) is 5.82 Å². The van der Waals surface area contributed by atoms with Crippen molar-refractivity contribution < 1.29 is 19.1 Å². The number of nitrogens with one attached hydrogen (secondary N) is 1. The first kappa shape index (κ1) is 24.9. The number of benzene rings is 2. The summed E-state index contributed by atoms with van der Waals surface area (Å²) in [7, 11) is 1.58. The summed E-state index contributed by atoms with van der Waals surface area (Å²) in [6.45, 7) is 5.20. The van der Waals surface area contributed by atoms with Crippen LogP contribution in [0.25, 0.3) is 0 Å². The lowest BCUT2D eigenvalue weighted by Gasteiger charge is -2.19. The van der Waals surface area contributed by atoms with Gasteiger partial charge in [0.1, 0.15) is 18.1 Å². The highest BCUT2D eigenvalue weighted by atomic mass is 32.2. The Hall–Kier alpha value is -3.73. The van der Waals surface area contributed by atoms with Crippen molar-refractivity contribution in [2.75, 3.05) is 37.1 Å². The van der Waals surface area contributed by atoms with E-state index in [1.807, 2.05) is 26.0 Å². The second-order valence-corrected chi connectivity index (χ2v) is 8.07. The molecule has 0 fully saturated rings. The zero-order valence-corrected chi connectivity index (χ0v) is 20.2. The number of hydrogen-bond acceptors (Lipinski definition) is 8. The Balaban J connectivity index is 1.54. The van der Waals surface area contributed by atoms with Gasteiger partial charge in [-0.25, -0.2) is 4.68 Å². The molecular weight excluding hydrogens is 456 g/mol. The van der Waals surface area contributed by atoms with Gasteiger partial charge in [-0.05, 0) is 44.2 Å². The number of carbonyl (C=O) groups is 2. The molecule has 34 heavy (non-hydrogen) atoms. The molecule has 0 aliphatic heterocycles. The molecule has 0 saturated carbocycles. The summed E-state index contributed by atoms with van der Waals surface area (Å²) in [6, 6.07) is 14.1. The predicted octanol–water partition coefficient (Wildman–Crippen LogP) is 2.79. The summed E-state index contributed by atoms with van der Waals surface area (Å²) in [5, 5.41) is 11.2. The second-order valence-electron chi connectivity index (χ2n) is 7.13. The van der Waals surface area contributed by atoms with Gasteiger partial charge in [0.2, 0.25) is 11.1 Å². The number of methoxy groups -OCH3 is 1. The fraction of sp³-hybridized carbons (Fsp3) is 0.304. The van der Waals surface area contributed by atoms with Gasteiger partial charge >= 0.3 is 0 Å². The van der Waals surface area contributed by atoms with Crippen LogP contribution in [0.5, 0.6) is 11.5 Å². The number of carbonyl (C=O) groups excluding carboxylic acids is 2. The van der Waals surface area contributed by atoms with Crippen LogP contribution in [-0.2, 0) is 11.4 Å². The Morgan fingerprint density at radius 1 is 1.09 bits per heavy atom. The Labute approximate surface area is 202 Å². The molecule has 180 valence electrons. The number of aromatic nitrogens is 3. The van der Waals surface area contributed by atoms with E-state index >= 15 is 0 Å². The molecule has 0 aliphatic carbocycles. The Morgan fingerprint density at radius 3 is 2.56 bits per heavy atom. The van der Waals surface area contributed by atoms with Crippen LogP contribution >= 0.6 is 11.8 Å². The van der Waals surface area contributed by atoms with Crippen molar-refractivity contribution in [2.24, 2.45) is 0 Å². The van der Waals surface area contributed by atoms with Gasteiger partial charge in [-0.2, -0.15) is 0 Å². The van der Waals surface area contributed by atoms with Gasteiger partial charge in [0, 0.05) is 30.4 Å². The minimum atomic E-state index is -0.255. The number of anilines is 1. The molecule has 0 atom stereocenters. The number of nitrogens with two attached hydrogens (primary N) is 1. The molecule has 0 bridgehead atoms. The molecule has 2 amide bonds. The summed E-state index contributed by atoms with van der Waals surface area (Å²) < 4.78 is 12.2. The van der Waals surface area contributed by atoms with Crippen molar-refractivity contribution >= 4 is 29.3 Å². The fourth-order valence-electron chi connectivity index (χ4n) is 3.09. The molecule has 0 radical (unpaired) electrons. The zero-order valence-electron chi connectivity index (χ0n) is 19.4. The van der Waals surface area contributed by atoms with E-state index in [-0.39, 0.29) is 24.2 Å². The first-order valence-electron chi connectivity index (χ1n) is 10.7. The standard InChI is InChI=1S/C23H28N6O4S/c1-4-28(5-2)22(31)16-8-6-9-17(12-16)25-21(30)15-34-23-27-26-20(29(23)24)14-33-19-11-7-10-18(13-19)32-3/h6-13H,4-5,14-15,24H2,1-3H3,(H,25,30). The van der Waals surface area contributed by atoms with Crippen molar-refractivity contribution in [1.82, 2.24) is 19.8 Å². The van der Waals surface area contributed by atoms with E-state index in [0.717, 1.165) is 11.8 Å². The topological polar surface area (TPSA) is 125 Å². The molecule has 2 aromatic carbocycles. The maximum absolute atomic E-state index is 12.5. The van der Waals surface area contributed by atoms with Crippen molar-refractivity contribution in [3.8, 4) is 11.5 Å². The van der Waals surface area contributed by atoms with E-state index in [1.54, 1.807) is 48.4 Å². The minimum Gasteiger partial charge on any atom is -0.497 e. The largest absolute Gasteiger partial charge is 0.497 e. The van der Waals surface area contributed by atoms with Crippen molar-refractivity contribution in [3.63, 3.8) is 0 Å². The van der Waals surface area contributed by atoms with Crippen LogP contribution in [0.4, 0.5) is 5.69 Å². The summed E-state index contributed by atoms with van der Waals surface area (Å²) in [6.07, 6.45) is 0. The van der Waals surface area contributed by atoms with Crippen LogP contribution < -0.4 is 20.6 Å². The third-order valence-corrected chi connectivity index (χ3v) is 5.86. The monoisotopic (exact) mass is 484 g/mol. The van der Waals surface area contributed by atoms with Gasteiger partial charge in [0.05, 0.1) is 12.9 Å². The van der Waals surface area contributed by atoms with Crippen LogP contribution in [0, 0.1) is 0 Å². The molecular formula is C23H28N6O4S. The van der Waals surface area contributed by atoms with Gasteiger partial charge in [-0.3, -0.25) is 9.59 Å². The normalized spacial score (nSPS) is 10.6. The first-order valence-corrected chi connectivity index (χ1v) is 11.7. The third kappa shape index (κ3) is 6.41. The van der Waals surface area contributed by atoms with Gasteiger partial charge in [-0.15, -0.1) is 10.2 Å². The molecule has 1 heterocycles. The van der Waals surface area contributed by atoms with Crippen LogP contribution in [-0.4, -0.2) is 57.5 Å². The summed E-state index contributed by atoms with van der Waals surface area (Å²) in [4.78, 5) is 26.7.